The van der Waals surface area contributed by atoms with Crippen molar-refractivity contribution in [3.05, 3.63) is 65.7 Å². The van der Waals surface area contributed by atoms with Gasteiger partial charge in [-0.15, -0.1) is 0 Å². The number of rotatable bonds is 6. The van der Waals surface area contributed by atoms with Crippen molar-refractivity contribution in [2.45, 2.75) is 18.0 Å². The molecule has 0 saturated heterocycles. The number of sulfonamides is 1. The van der Waals surface area contributed by atoms with E-state index in [9.17, 15) is 8.42 Å². The van der Waals surface area contributed by atoms with Crippen molar-refractivity contribution in [1.82, 2.24) is 9.62 Å². The van der Waals surface area contributed by atoms with Gasteiger partial charge < -0.3 is 5.32 Å². The van der Waals surface area contributed by atoms with Crippen LogP contribution in [0, 0.1) is 0 Å². The van der Waals surface area contributed by atoms with E-state index in [2.05, 4.69) is 5.32 Å². The molecule has 0 bridgehead atoms. The predicted octanol–water partition coefficient (Wildman–Crippen LogP) is 2.23. The summed E-state index contributed by atoms with van der Waals surface area (Å²) < 4.78 is 25.8. The summed E-state index contributed by atoms with van der Waals surface area (Å²) >= 11 is 0. The molecule has 5 heteroatoms. The highest BCUT2D eigenvalue weighted by atomic mass is 32.2. The van der Waals surface area contributed by atoms with Crippen LogP contribution < -0.4 is 5.32 Å². The van der Waals surface area contributed by atoms with Crippen LogP contribution in [0.4, 0.5) is 0 Å². The number of nitrogens with zero attached hydrogens (tertiary/aromatic N) is 1. The highest BCUT2D eigenvalue weighted by Gasteiger charge is 2.20. The van der Waals surface area contributed by atoms with Gasteiger partial charge in [0.1, 0.15) is 0 Å². The molecule has 0 fully saturated rings. The SMILES string of the molecule is CN(C)S(=O)(=O)c1ccccc1CNCc1ccccc1. The molecule has 0 radical (unpaired) electrons. The van der Waals surface area contributed by atoms with Crippen LogP contribution in [0.3, 0.4) is 0 Å². The molecule has 2 aromatic rings. The standard InChI is InChI=1S/C16H20N2O2S/c1-18(2)21(19,20)16-11-7-6-10-15(16)13-17-12-14-8-4-3-5-9-14/h3-11,17H,12-13H2,1-2H3. The zero-order valence-electron chi connectivity index (χ0n) is 12.3. The number of nitrogens with one attached hydrogen (secondary N) is 1. The molecule has 0 aliphatic rings. The van der Waals surface area contributed by atoms with Crippen molar-refractivity contribution in [2.75, 3.05) is 14.1 Å². The molecule has 0 aromatic heterocycles. The molecular weight excluding hydrogens is 284 g/mol. The van der Waals surface area contributed by atoms with Crippen molar-refractivity contribution in [3.63, 3.8) is 0 Å². The van der Waals surface area contributed by atoms with E-state index in [4.69, 9.17) is 0 Å². The van der Waals surface area contributed by atoms with Crippen LogP contribution in [-0.2, 0) is 23.1 Å². The van der Waals surface area contributed by atoms with E-state index in [1.807, 2.05) is 42.5 Å². The Kier molecular flexibility index (Phi) is 5.12. The Morgan fingerprint density at radius 3 is 2.19 bits per heavy atom. The summed E-state index contributed by atoms with van der Waals surface area (Å²) in [6.07, 6.45) is 0. The molecule has 2 aromatic carbocycles. The average Bonchev–Trinajstić information content (AvgIpc) is 2.48. The second kappa shape index (κ2) is 6.85. The van der Waals surface area contributed by atoms with E-state index < -0.39 is 10.0 Å². The Balaban J connectivity index is 2.11. The molecule has 4 nitrogen and oxygen atoms in total. The fourth-order valence-electron chi connectivity index (χ4n) is 2.04. The van der Waals surface area contributed by atoms with Crippen LogP contribution >= 0.6 is 0 Å². The van der Waals surface area contributed by atoms with E-state index >= 15 is 0 Å². The summed E-state index contributed by atoms with van der Waals surface area (Å²) in [6.45, 7) is 1.22. The monoisotopic (exact) mass is 304 g/mol. The zero-order chi connectivity index (χ0) is 15.3. The first kappa shape index (κ1) is 15.7. The Labute approximate surface area is 126 Å². The topological polar surface area (TPSA) is 49.4 Å². The van der Waals surface area contributed by atoms with Crippen LogP contribution in [0.1, 0.15) is 11.1 Å². The molecule has 0 atom stereocenters. The molecule has 0 aliphatic carbocycles. The fraction of sp³-hybridized carbons (Fsp3) is 0.250. The van der Waals surface area contributed by atoms with E-state index in [0.717, 1.165) is 5.56 Å². The average molecular weight is 304 g/mol. The molecular formula is C16H20N2O2S. The highest BCUT2D eigenvalue weighted by molar-refractivity contribution is 7.89. The normalized spacial score (nSPS) is 11.8. The van der Waals surface area contributed by atoms with Crippen LogP contribution in [0.25, 0.3) is 0 Å². The minimum Gasteiger partial charge on any atom is -0.309 e. The molecule has 0 aliphatic heterocycles. The van der Waals surface area contributed by atoms with E-state index in [1.165, 1.54) is 9.87 Å². The molecule has 21 heavy (non-hydrogen) atoms. The van der Waals surface area contributed by atoms with Gasteiger partial charge in [0.05, 0.1) is 4.90 Å². The molecule has 2 rings (SSSR count). The van der Waals surface area contributed by atoms with E-state index in [1.54, 1.807) is 26.2 Å². The van der Waals surface area contributed by atoms with Crippen molar-refractivity contribution in [3.8, 4) is 0 Å². The maximum Gasteiger partial charge on any atom is 0.242 e. The predicted molar refractivity (Wildman–Crippen MR) is 84.3 cm³/mol. The van der Waals surface area contributed by atoms with Gasteiger partial charge in [0, 0.05) is 27.2 Å². The number of hydrogen-bond acceptors (Lipinski definition) is 3. The summed E-state index contributed by atoms with van der Waals surface area (Å²) in [5, 5.41) is 3.29. The quantitative estimate of drug-likeness (QED) is 0.890. The van der Waals surface area contributed by atoms with Crippen LogP contribution in [0.5, 0.6) is 0 Å². The largest absolute Gasteiger partial charge is 0.309 e. The molecule has 1 N–H and O–H groups in total. The zero-order valence-corrected chi connectivity index (χ0v) is 13.1. The second-order valence-corrected chi connectivity index (χ2v) is 7.10. The first-order valence-corrected chi connectivity index (χ1v) is 8.21. The van der Waals surface area contributed by atoms with Gasteiger partial charge in [-0.05, 0) is 17.2 Å². The summed E-state index contributed by atoms with van der Waals surface area (Å²) in [4.78, 5) is 0.357. The van der Waals surface area contributed by atoms with Gasteiger partial charge in [0.25, 0.3) is 0 Å². The molecule has 0 saturated carbocycles. The Bertz CT molecular complexity index is 682. The minimum atomic E-state index is -3.41. The third-order valence-corrected chi connectivity index (χ3v) is 5.13. The first-order chi connectivity index (χ1) is 10.0. The van der Waals surface area contributed by atoms with Gasteiger partial charge in [0.15, 0.2) is 0 Å². The van der Waals surface area contributed by atoms with Crippen molar-refractivity contribution in [2.24, 2.45) is 0 Å². The summed E-state index contributed by atoms with van der Waals surface area (Å²) in [6, 6.07) is 17.1. The minimum absolute atomic E-state index is 0.357. The third-order valence-electron chi connectivity index (χ3n) is 3.22. The van der Waals surface area contributed by atoms with Crippen molar-refractivity contribution < 1.29 is 8.42 Å². The van der Waals surface area contributed by atoms with E-state index in [0.29, 0.717) is 18.0 Å². The lowest BCUT2D eigenvalue weighted by Crippen LogP contribution is -2.24. The maximum atomic E-state index is 12.3. The number of hydrogen-bond donors (Lipinski definition) is 1. The molecule has 112 valence electrons. The Hall–Kier alpha value is -1.69. The summed E-state index contributed by atoms with van der Waals surface area (Å²) in [7, 11) is -0.319. The smallest absolute Gasteiger partial charge is 0.242 e. The summed E-state index contributed by atoms with van der Waals surface area (Å²) in [5.41, 5.74) is 1.95. The Morgan fingerprint density at radius 1 is 0.905 bits per heavy atom. The van der Waals surface area contributed by atoms with Crippen molar-refractivity contribution in [1.29, 1.82) is 0 Å². The molecule has 0 unspecified atom stereocenters. The van der Waals surface area contributed by atoms with Gasteiger partial charge in [-0.3, -0.25) is 0 Å². The molecule has 0 amide bonds. The lowest BCUT2D eigenvalue weighted by atomic mass is 10.2. The molecule has 0 spiro atoms. The second-order valence-electron chi connectivity index (χ2n) is 4.98. The Morgan fingerprint density at radius 2 is 1.52 bits per heavy atom. The fourth-order valence-corrected chi connectivity index (χ4v) is 3.15. The van der Waals surface area contributed by atoms with Gasteiger partial charge >= 0.3 is 0 Å². The van der Waals surface area contributed by atoms with Gasteiger partial charge in [-0.1, -0.05) is 48.5 Å². The lowest BCUT2D eigenvalue weighted by Gasteiger charge is -2.15. The lowest BCUT2D eigenvalue weighted by molar-refractivity contribution is 0.518. The highest BCUT2D eigenvalue weighted by Crippen LogP contribution is 2.18. The van der Waals surface area contributed by atoms with Crippen LogP contribution in [0.15, 0.2) is 59.5 Å². The van der Waals surface area contributed by atoms with Gasteiger partial charge in [-0.25, -0.2) is 12.7 Å². The summed E-state index contributed by atoms with van der Waals surface area (Å²) in [5.74, 6) is 0. The van der Waals surface area contributed by atoms with Crippen molar-refractivity contribution >= 4 is 10.0 Å². The first-order valence-electron chi connectivity index (χ1n) is 6.77. The maximum absolute atomic E-state index is 12.3. The van der Waals surface area contributed by atoms with Crippen LogP contribution in [-0.4, -0.2) is 26.8 Å². The number of benzene rings is 2. The third kappa shape index (κ3) is 3.91. The van der Waals surface area contributed by atoms with Gasteiger partial charge in [-0.2, -0.15) is 0 Å². The molecule has 0 heterocycles. The van der Waals surface area contributed by atoms with Crippen LogP contribution in [0.2, 0.25) is 0 Å². The van der Waals surface area contributed by atoms with E-state index in [-0.39, 0.29) is 0 Å². The van der Waals surface area contributed by atoms with Gasteiger partial charge in [0.2, 0.25) is 10.0 Å².